The molecule has 3 rings (SSSR count). The molecule has 21 heavy (non-hydrogen) atoms. The molecule has 2 aromatic rings. The number of hydrogen-bond acceptors (Lipinski definition) is 6. The lowest BCUT2D eigenvalue weighted by atomic mass is 9.69. The van der Waals surface area contributed by atoms with Crippen molar-refractivity contribution in [2.45, 2.75) is 31.6 Å². The maximum atomic E-state index is 10.9. The Morgan fingerprint density at radius 1 is 1.48 bits per heavy atom. The number of aromatic nitrogens is 2. The summed E-state index contributed by atoms with van der Waals surface area (Å²) in [5.74, 6) is 0.920. The van der Waals surface area contributed by atoms with Gasteiger partial charge in [-0.15, -0.1) is 0 Å². The van der Waals surface area contributed by atoms with E-state index in [9.17, 15) is 10.1 Å². The van der Waals surface area contributed by atoms with Gasteiger partial charge in [0.05, 0.1) is 10.3 Å². The van der Waals surface area contributed by atoms with E-state index in [2.05, 4.69) is 10.1 Å². The zero-order chi connectivity index (χ0) is 15.0. The summed E-state index contributed by atoms with van der Waals surface area (Å²) in [5, 5.41) is 14.9. The summed E-state index contributed by atoms with van der Waals surface area (Å²) < 4.78 is 5.36. The molecule has 2 N–H and O–H groups in total. The van der Waals surface area contributed by atoms with E-state index in [1.807, 2.05) is 6.92 Å². The quantitative estimate of drug-likeness (QED) is 0.683. The Kier molecular flexibility index (Phi) is 3.21. The number of benzene rings is 1. The van der Waals surface area contributed by atoms with Gasteiger partial charge in [0.25, 0.3) is 5.69 Å². The Morgan fingerprint density at radius 2 is 2.24 bits per heavy atom. The van der Waals surface area contributed by atoms with Crippen LogP contribution in [-0.2, 0) is 5.41 Å². The Labute approximate surface area is 121 Å². The lowest BCUT2D eigenvalue weighted by molar-refractivity contribution is -0.384. The van der Waals surface area contributed by atoms with Crippen LogP contribution in [0.3, 0.4) is 0 Å². The Balaban J connectivity index is 2.00. The van der Waals surface area contributed by atoms with Gasteiger partial charge in [0, 0.05) is 24.2 Å². The first-order chi connectivity index (χ1) is 10.1. The molecule has 1 aromatic heterocycles. The summed E-state index contributed by atoms with van der Waals surface area (Å²) >= 11 is 0. The number of nitro benzene ring substituents is 1. The van der Waals surface area contributed by atoms with Crippen LogP contribution < -0.4 is 5.73 Å². The molecule has 1 saturated carbocycles. The van der Waals surface area contributed by atoms with Gasteiger partial charge in [-0.2, -0.15) is 4.98 Å². The van der Waals surface area contributed by atoms with Crippen LogP contribution in [0, 0.1) is 17.0 Å². The van der Waals surface area contributed by atoms with Crippen LogP contribution in [0.1, 0.15) is 30.7 Å². The standard InChI is InChI=1S/C14H16N4O3/c1-9-3-4-10(18(19)20)7-11(9)12-16-13(21-17-12)14(8-15)5-2-6-14/h3-4,7H,2,5-6,8,15H2,1H3. The maximum absolute atomic E-state index is 10.9. The van der Waals surface area contributed by atoms with Crippen LogP contribution >= 0.6 is 0 Å². The van der Waals surface area contributed by atoms with Crippen LogP contribution in [0.25, 0.3) is 11.4 Å². The van der Waals surface area contributed by atoms with E-state index in [-0.39, 0.29) is 11.1 Å². The average Bonchev–Trinajstić information content (AvgIpc) is 2.88. The number of nitrogens with two attached hydrogens (primary N) is 1. The van der Waals surface area contributed by atoms with Crippen molar-refractivity contribution in [2.75, 3.05) is 6.54 Å². The summed E-state index contributed by atoms with van der Waals surface area (Å²) in [5.41, 5.74) is 7.11. The third-order valence-corrected chi connectivity index (χ3v) is 4.25. The zero-order valence-corrected chi connectivity index (χ0v) is 11.7. The fourth-order valence-electron chi connectivity index (χ4n) is 2.62. The molecule has 0 radical (unpaired) electrons. The Bertz CT molecular complexity index is 686. The molecule has 1 aliphatic rings. The average molecular weight is 288 g/mol. The summed E-state index contributed by atoms with van der Waals surface area (Å²) in [6.07, 6.45) is 2.99. The number of non-ortho nitro benzene ring substituents is 1. The molecule has 0 spiro atoms. The first-order valence-electron chi connectivity index (χ1n) is 6.85. The van der Waals surface area contributed by atoms with Crippen molar-refractivity contribution in [1.29, 1.82) is 0 Å². The Morgan fingerprint density at radius 3 is 2.81 bits per heavy atom. The van der Waals surface area contributed by atoms with Gasteiger partial charge in [-0.1, -0.05) is 17.6 Å². The van der Waals surface area contributed by atoms with Crippen LogP contribution in [-0.4, -0.2) is 21.6 Å². The van der Waals surface area contributed by atoms with Gasteiger partial charge in [-0.3, -0.25) is 10.1 Å². The van der Waals surface area contributed by atoms with Gasteiger partial charge in [-0.25, -0.2) is 0 Å². The van der Waals surface area contributed by atoms with Crippen molar-refractivity contribution in [2.24, 2.45) is 5.73 Å². The van der Waals surface area contributed by atoms with E-state index in [0.29, 0.717) is 23.8 Å². The van der Waals surface area contributed by atoms with E-state index in [0.717, 1.165) is 24.8 Å². The van der Waals surface area contributed by atoms with Crippen molar-refractivity contribution in [1.82, 2.24) is 10.1 Å². The molecule has 0 unspecified atom stereocenters. The minimum atomic E-state index is -0.433. The third kappa shape index (κ3) is 2.19. The number of aryl methyl sites for hydroxylation is 1. The first-order valence-corrected chi connectivity index (χ1v) is 6.85. The molecule has 1 heterocycles. The van der Waals surface area contributed by atoms with E-state index >= 15 is 0 Å². The van der Waals surface area contributed by atoms with E-state index in [4.69, 9.17) is 10.3 Å². The summed E-state index contributed by atoms with van der Waals surface area (Å²) in [6, 6.07) is 4.62. The van der Waals surface area contributed by atoms with E-state index in [1.165, 1.54) is 12.1 Å². The molecule has 0 amide bonds. The van der Waals surface area contributed by atoms with Gasteiger partial charge in [-0.05, 0) is 25.3 Å². The van der Waals surface area contributed by atoms with Crippen LogP contribution in [0.15, 0.2) is 22.7 Å². The lowest BCUT2D eigenvalue weighted by Gasteiger charge is -2.36. The highest BCUT2D eigenvalue weighted by Gasteiger charge is 2.42. The lowest BCUT2D eigenvalue weighted by Crippen LogP contribution is -2.41. The molecule has 0 bridgehead atoms. The molecular formula is C14H16N4O3. The maximum Gasteiger partial charge on any atom is 0.270 e. The van der Waals surface area contributed by atoms with E-state index in [1.54, 1.807) is 6.07 Å². The topological polar surface area (TPSA) is 108 Å². The predicted octanol–water partition coefficient (Wildman–Crippen LogP) is 2.33. The highest BCUT2D eigenvalue weighted by Crippen LogP contribution is 2.42. The molecule has 7 heteroatoms. The smallest absolute Gasteiger partial charge is 0.270 e. The van der Waals surface area contributed by atoms with Crippen molar-refractivity contribution < 1.29 is 9.45 Å². The fourth-order valence-corrected chi connectivity index (χ4v) is 2.62. The zero-order valence-electron chi connectivity index (χ0n) is 11.7. The highest BCUT2D eigenvalue weighted by molar-refractivity contribution is 5.63. The minimum absolute atomic E-state index is 0.0131. The number of nitro groups is 1. The molecule has 0 atom stereocenters. The number of rotatable bonds is 4. The highest BCUT2D eigenvalue weighted by atomic mass is 16.6. The van der Waals surface area contributed by atoms with Gasteiger partial charge in [0.2, 0.25) is 11.7 Å². The molecule has 1 aliphatic carbocycles. The van der Waals surface area contributed by atoms with Crippen molar-refractivity contribution in [3.05, 3.63) is 39.8 Å². The van der Waals surface area contributed by atoms with Gasteiger partial charge < -0.3 is 10.3 Å². The first kappa shape index (κ1) is 13.7. The largest absolute Gasteiger partial charge is 0.338 e. The molecule has 0 aliphatic heterocycles. The molecular weight excluding hydrogens is 272 g/mol. The molecule has 0 saturated heterocycles. The second-order valence-corrected chi connectivity index (χ2v) is 5.52. The normalized spacial score (nSPS) is 16.5. The van der Waals surface area contributed by atoms with Crippen LogP contribution in [0.2, 0.25) is 0 Å². The van der Waals surface area contributed by atoms with Gasteiger partial charge >= 0.3 is 0 Å². The van der Waals surface area contributed by atoms with Crippen LogP contribution in [0.5, 0.6) is 0 Å². The summed E-state index contributed by atoms with van der Waals surface area (Å²) in [6.45, 7) is 2.33. The minimum Gasteiger partial charge on any atom is -0.338 e. The molecule has 1 fully saturated rings. The summed E-state index contributed by atoms with van der Waals surface area (Å²) in [4.78, 5) is 14.9. The van der Waals surface area contributed by atoms with E-state index < -0.39 is 4.92 Å². The van der Waals surface area contributed by atoms with Crippen molar-refractivity contribution in [3.63, 3.8) is 0 Å². The number of hydrogen-bond donors (Lipinski definition) is 1. The monoisotopic (exact) mass is 288 g/mol. The summed E-state index contributed by atoms with van der Waals surface area (Å²) in [7, 11) is 0. The second-order valence-electron chi connectivity index (χ2n) is 5.52. The number of nitrogens with zero attached hydrogens (tertiary/aromatic N) is 3. The molecule has 110 valence electrons. The van der Waals surface area contributed by atoms with Crippen LogP contribution in [0.4, 0.5) is 5.69 Å². The third-order valence-electron chi connectivity index (χ3n) is 4.25. The molecule has 7 nitrogen and oxygen atoms in total. The fraction of sp³-hybridized carbons (Fsp3) is 0.429. The molecule has 1 aromatic carbocycles. The van der Waals surface area contributed by atoms with Gasteiger partial charge in [0.1, 0.15) is 0 Å². The SMILES string of the molecule is Cc1ccc([N+](=O)[O-])cc1-c1noc(C2(CN)CCC2)n1. The van der Waals surface area contributed by atoms with Crippen molar-refractivity contribution >= 4 is 5.69 Å². The second kappa shape index (κ2) is 4.92. The van der Waals surface area contributed by atoms with Gasteiger partial charge in [0.15, 0.2) is 0 Å². The Hall–Kier alpha value is -2.28. The predicted molar refractivity (Wildman–Crippen MR) is 75.7 cm³/mol. The van der Waals surface area contributed by atoms with Crippen molar-refractivity contribution in [3.8, 4) is 11.4 Å².